The highest BCUT2D eigenvalue weighted by Crippen LogP contribution is 2.33. The van der Waals surface area contributed by atoms with Gasteiger partial charge >= 0.3 is 0 Å². The van der Waals surface area contributed by atoms with Gasteiger partial charge < -0.3 is 5.73 Å². The van der Waals surface area contributed by atoms with Crippen molar-refractivity contribution < 1.29 is 4.39 Å². The van der Waals surface area contributed by atoms with Crippen LogP contribution in [-0.4, -0.2) is 6.04 Å². The van der Waals surface area contributed by atoms with Crippen LogP contribution in [0.2, 0.25) is 0 Å². The third kappa shape index (κ3) is 1.80. The zero-order valence-electron chi connectivity index (χ0n) is 8.46. The zero-order chi connectivity index (χ0) is 10.1. The minimum absolute atomic E-state index is 0.140. The van der Waals surface area contributed by atoms with E-state index in [1.54, 1.807) is 12.1 Å². The minimum atomic E-state index is -0.140. The first-order valence-electron chi connectivity index (χ1n) is 5.19. The van der Waals surface area contributed by atoms with E-state index in [-0.39, 0.29) is 11.9 Å². The first-order valence-corrected chi connectivity index (χ1v) is 5.19. The highest BCUT2D eigenvalue weighted by Gasteiger charge is 2.25. The molecule has 0 spiro atoms. The average Bonchev–Trinajstić information content (AvgIpc) is 2.49. The molecule has 0 bridgehead atoms. The van der Waals surface area contributed by atoms with E-state index in [1.165, 1.54) is 6.42 Å². The second kappa shape index (κ2) is 3.70. The van der Waals surface area contributed by atoms with E-state index < -0.39 is 0 Å². The van der Waals surface area contributed by atoms with Crippen molar-refractivity contribution in [3.05, 3.63) is 35.1 Å². The summed E-state index contributed by atoms with van der Waals surface area (Å²) in [4.78, 5) is 0. The van der Waals surface area contributed by atoms with Gasteiger partial charge in [-0.2, -0.15) is 0 Å². The normalized spacial score (nSPS) is 26.8. The molecule has 0 saturated heterocycles. The number of hydrogen-bond acceptors (Lipinski definition) is 1. The molecule has 0 amide bonds. The molecule has 1 aliphatic rings. The molecule has 1 fully saturated rings. The molecular weight excluding hydrogens is 177 g/mol. The Morgan fingerprint density at radius 3 is 2.64 bits per heavy atom. The Kier molecular flexibility index (Phi) is 2.55. The molecule has 0 heterocycles. The maximum atomic E-state index is 13.2. The number of benzene rings is 1. The Labute approximate surface area is 84.1 Å². The minimum Gasteiger partial charge on any atom is -0.327 e. The highest BCUT2D eigenvalue weighted by molar-refractivity contribution is 5.28. The van der Waals surface area contributed by atoms with Gasteiger partial charge in [0.15, 0.2) is 0 Å². The van der Waals surface area contributed by atoms with E-state index in [2.05, 4.69) is 6.07 Å². The van der Waals surface area contributed by atoms with Crippen LogP contribution in [0.4, 0.5) is 4.39 Å². The monoisotopic (exact) mass is 193 g/mol. The van der Waals surface area contributed by atoms with Crippen molar-refractivity contribution in [3.8, 4) is 0 Å². The smallest absolute Gasteiger partial charge is 0.123 e. The van der Waals surface area contributed by atoms with Gasteiger partial charge in [-0.15, -0.1) is 0 Å². The van der Waals surface area contributed by atoms with Gasteiger partial charge in [0.2, 0.25) is 0 Å². The van der Waals surface area contributed by atoms with Crippen molar-refractivity contribution >= 4 is 0 Å². The third-order valence-electron chi connectivity index (χ3n) is 3.06. The number of rotatable bonds is 1. The van der Waals surface area contributed by atoms with Gasteiger partial charge in [0.05, 0.1) is 0 Å². The van der Waals surface area contributed by atoms with Crippen molar-refractivity contribution in [2.45, 2.75) is 38.1 Å². The van der Waals surface area contributed by atoms with Gasteiger partial charge in [0, 0.05) is 6.04 Å². The fraction of sp³-hybridized carbons (Fsp3) is 0.500. The molecule has 2 rings (SSSR count). The average molecular weight is 193 g/mol. The quantitative estimate of drug-likeness (QED) is 0.729. The lowest BCUT2D eigenvalue weighted by Gasteiger charge is -2.16. The Bertz CT molecular complexity index is 315. The standard InChI is InChI=1S/C12H16FN/c1-8-5-9(7-10(13)6-8)11-3-2-4-12(11)14/h5-7,11-12H,2-4,14H2,1H3. The summed E-state index contributed by atoms with van der Waals surface area (Å²) in [6.07, 6.45) is 3.34. The van der Waals surface area contributed by atoms with Gasteiger partial charge in [-0.05, 0) is 48.9 Å². The molecular formula is C12H16FN. The first-order chi connectivity index (χ1) is 6.66. The molecule has 1 nitrogen and oxygen atoms in total. The molecule has 2 N–H and O–H groups in total. The predicted octanol–water partition coefficient (Wildman–Crippen LogP) is 2.73. The van der Waals surface area contributed by atoms with Gasteiger partial charge in [-0.25, -0.2) is 4.39 Å². The zero-order valence-corrected chi connectivity index (χ0v) is 8.46. The van der Waals surface area contributed by atoms with Gasteiger partial charge in [-0.1, -0.05) is 12.5 Å². The van der Waals surface area contributed by atoms with Crippen LogP contribution in [0.1, 0.15) is 36.3 Å². The summed E-state index contributed by atoms with van der Waals surface area (Å²) >= 11 is 0. The first kappa shape index (κ1) is 9.66. The Hall–Kier alpha value is -0.890. The van der Waals surface area contributed by atoms with Crippen LogP contribution in [0.25, 0.3) is 0 Å². The maximum Gasteiger partial charge on any atom is 0.123 e. The number of hydrogen-bond donors (Lipinski definition) is 1. The SMILES string of the molecule is Cc1cc(F)cc(C2CCCC2N)c1. The summed E-state index contributed by atoms with van der Waals surface area (Å²) in [6, 6.07) is 5.46. The van der Waals surface area contributed by atoms with E-state index in [4.69, 9.17) is 5.73 Å². The number of halogens is 1. The van der Waals surface area contributed by atoms with Gasteiger partial charge in [0.1, 0.15) is 5.82 Å². The topological polar surface area (TPSA) is 26.0 Å². The Balaban J connectivity index is 2.31. The maximum absolute atomic E-state index is 13.2. The van der Waals surface area contributed by atoms with Crippen molar-refractivity contribution in [1.29, 1.82) is 0 Å². The van der Waals surface area contributed by atoms with Gasteiger partial charge in [-0.3, -0.25) is 0 Å². The molecule has 1 aromatic carbocycles. The van der Waals surface area contributed by atoms with Crippen molar-refractivity contribution in [2.24, 2.45) is 5.73 Å². The molecule has 0 aliphatic heterocycles. The van der Waals surface area contributed by atoms with E-state index in [0.29, 0.717) is 5.92 Å². The van der Waals surface area contributed by atoms with Crippen LogP contribution in [0.3, 0.4) is 0 Å². The predicted molar refractivity (Wildman–Crippen MR) is 55.7 cm³/mol. The molecule has 1 aliphatic carbocycles. The molecule has 1 saturated carbocycles. The molecule has 0 radical (unpaired) electrons. The third-order valence-corrected chi connectivity index (χ3v) is 3.06. The van der Waals surface area contributed by atoms with Crippen LogP contribution < -0.4 is 5.73 Å². The lowest BCUT2D eigenvalue weighted by Crippen LogP contribution is -2.22. The van der Waals surface area contributed by atoms with Crippen LogP contribution in [0, 0.1) is 12.7 Å². The lowest BCUT2D eigenvalue weighted by molar-refractivity contribution is 0.592. The van der Waals surface area contributed by atoms with Crippen molar-refractivity contribution in [3.63, 3.8) is 0 Å². The summed E-state index contributed by atoms with van der Waals surface area (Å²) in [7, 11) is 0. The summed E-state index contributed by atoms with van der Waals surface area (Å²) in [5.74, 6) is 0.225. The lowest BCUT2D eigenvalue weighted by atomic mass is 9.93. The fourth-order valence-corrected chi connectivity index (χ4v) is 2.38. The molecule has 0 aromatic heterocycles. The number of aryl methyl sites for hydroxylation is 1. The highest BCUT2D eigenvalue weighted by atomic mass is 19.1. The molecule has 1 aromatic rings. The second-order valence-corrected chi connectivity index (χ2v) is 4.26. The molecule has 76 valence electrons. The van der Waals surface area contributed by atoms with Crippen LogP contribution in [0.15, 0.2) is 18.2 Å². The Morgan fingerprint density at radius 1 is 1.29 bits per heavy atom. The number of nitrogens with two attached hydrogens (primary N) is 1. The van der Waals surface area contributed by atoms with Crippen LogP contribution in [-0.2, 0) is 0 Å². The van der Waals surface area contributed by atoms with E-state index in [9.17, 15) is 4.39 Å². The van der Waals surface area contributed by atoms with Crippen molar-refractivity contribution in [1.82, 2.24) is 0 Å². The van der Waals surface area contributed by atoms with E-state index in [1.807, 2.05) is 6.92 Å². The summed E-state index contributed by atoms with van der Waals surface area (Å²) in [5.41, 5.74) is 8.05. The van der Waals surface area contributed by atoms with Crippen LogP contribution in [0.5, 0.6) is 0 Å². The molecule has 2 atom stereocenters. The Morgan fingerprint density at radius 2 is 2.07 bits per heavy atom. The molecule has 2 heteroatoms. The molecule has 14 heavy (non-hydrogen) atoms. The summed E-state index contributed by atoms with van der Waals surface area (Å²) in [5, 5.41) is 0. The van der Waals surface area contributed by atoms with Gasteiger partial charge in [0.25, 0.3) is 0 Å². The second-order valence-electron chi connectivity index (χ2n) is 4.26. The summed E-state index contributed by atoms with van der Waals surface area (Å²) in [6.45, 7) is 1.92. The van der Waals surface area contributed by atoms with E-state index in [0.717, 1.165) is 24.0 Å². The molecule has 2 unspecified atom stereocenters. The fourth-order valence-electron chi connectivity index (χ4n) is 2.38. The van der Waals surface area contributed by atoms with Crippen LogP contribution >= 0.6 is 0 Å². The largest absolute Gasteiger partial charge is 0.327 e. The summed E-state index contributed by atoms with van der Waals surface area (Å²) < 4.78 is 13.2. The van der Waals surface area contributed by atoms with Crippen molar-refractivity contribution in [2.75, 3.05) is 0 Å². The van der Waals surface area contributed by atoms with E-state index >= 15 is 0 Å².